The number of likely N-dealkylation sites (tertiary alicyclic amines) is 1. The number of hydrogen-bond acceptors (Lipinski definition) is 4. The van der Waals surface area contributed by atoms with Gasteiger partial charge in [-0.3, -0.25) is 14.9 Å². The van der Waals surface area contributed by atoms with Crippen LogP contribution in [0.2, 0.25) is 0 Å². The van der Waals surface area contributed by atoms with Crippen LogP contribution in [0.5, 0.6) is 0 Å². The summed E-state index contributed by atoms with van der Waals surface area (Å²) in [4.78, 5) is 30.9. The summed E-state index contributed by atoms with van der Waals surface area (Å²) in [6, 6.07) is 20.3. The maximum atomic E-state index is 12.5. The van der Waals surface area contributed by atoms with E-state index < -0.39 is 0 Å². The molecule has 0 saturated carbocycles. The van der Waals surface area contributed by atoms with Crippen LogP contribution in [-0.4, -0.2) is 52.6 Å². The van der Waals surface area contributed by atoms with Crippen LogP contribution in [0.25, 0.3) is 11.3 Å². The quantitative estimate of drug-likeness (QED) is 0.574. The lowest BCUT2D eigenvalue weighted by Gasteiger charge is -2.32. The first-order valence-corrected chi connectivity index (χ1v) is 11.4. The lowest BCUT2D eigenvalue weighted by atomic mass is 9.90. The van der Waals surface area contributed by atoms with Crippen molar-refractivity contribution in [2.75, 3.05) is 31.6 Å². The van der Waals surface area contributed by atoms with Gasteiger partial charge in [0.15, 0.2) is 0 Å². The van der Waals surface area contributed by atoms with E-state index in [0.29, 0.717) is 11.9 Å². The Kier molecular flexibility index (Phi) is 7.52. The average molecular weight is 447 g/mol. The number of imidazole rings is 1. The zero-order valence-corrected chi connectivity index (χ0v) is 18.9. The predicted octanol–water partition coefficient (Wildman–Crippen LogP) is 3.52. The maximum absolute atomic E-state index is 12.5. The van der Waals surface area contributed by atoms with Gasteiger partial charge in [-0.05, 0) is 36.3 Å². The first-order chi connectivity index (χ1) is 16.1. The van der Waals surface area contributed by atoms with E-state index in [1.54, 1.807) is 6.20 Å². The smallest absolute Gasteiger partial charge is 0.252 e. The zero-order chi connectivity index (χ0) is 23.0. The number of rotatable bonds is 8. The van der Waals surface area contributed by atoms with E-state index in [1.807, 2.05) is 52.9 Å². The molecule has 0 unspecified atom stereocenters. The normalized spacial score (nSPS) is 14.3. The predicted molar refractivity (Wildman–Crippen MR) is 128 cm³/mol. The molecule has 2 amide bonds. The molecule has 2 aromatic carbocycles. The van der Waals surface area contributed by atoms with E-state index >= 15 is 0 Å². The van der Waals surface area contributed by atoms with E-state index in [1.165, 1.54) is 5.56 Å². The van der Waals surface area contributed by atoms with Crippen molar-refractivity contribution < 1.29 is 14.3 Å². The summed E-state index contributed by atoms with van der Waals surface area (Å²) in [5.41, 5.74) is 3.26. The standard InChI is InChI=1S/C26H30N4O3/c1-29-23(22-10-6-3-7-11-22)17-27-26(29)28-24(31)18-33-19-25(32)30-14-12-21(13-15-30)16-20-8-4-2-5-9-20/h2-11,17,21H,12-16,18-19H2,1H3,(H,27,28,31). The molecule has 172 valence electrons. The molecular weight excluding hydrogens is 416 g/mol. The molecule has 0 aliphatic carbocycles. The number of carbonyl (C=O) groups excluding carboxylic acids is 2. The summed E-state index contributed by atoms with van der Waals surface area (Å²) < 4.78 is 7.21. The topological polar surface area (TPSA) is 76.5 Å². The molecule has 7 heteroatoms. The van der Waals surface area contributed by atoms with Crippen molar-refractivity contribution in [1.82, 2.24) is 14.5 Å². The number of ether oxygens (including phenoxy) is 1. The van der Waals surface area contributed by atoms with Crippen molar-refractivity contribution in [3.8, 4) is 11.3 Å². The summed E-state index contributed by atoms with van der Waals surface area (Å²) in [7, 11) is 1.84. The van der Waals surface area contributed by atoms with Crippen molar-refractivity contribution in [2.24, 2.45) is 13.0 Å². The van der Waals surface area contributed by atoms with Crippen LogP contribution in [0, 0.1) is 5.92 Å². The number of anilines is 1. The SMILES string of the molecule is Cn1c(-c2ccccc2)cnc1NC(=O)COCC(=O)N1CCC(Cc2ccccc2)CC1. The van der Waals surface area contributed by atoms with Gasteiger partial charge in [0.1, 0.15) is 13.2 Å². The Hall–Kier alpha value is -3.45. The Bertz CT molecular complexity index is 1060. The van der Waals surface area contributed by atoms with Crippen molar-refractivity contribution >= 4 is 17.8 Å². The Morgan fingerprint density at radius 2 is 1.67 bits per heavy atom. The van der Waals surface area contributed by atoms with E-state index in [-0.39, 0.29) is 25.0 Å². The van der Waals surface area contributed by atoms with Gasteiger partial charge in [-0.15, -0.1) is 0 Å². The van der Waals surface area contributed by atoms with Gasteiger partial charge in [0.25, 0.3) is 5.91 Å². The highest BCUT2D eigenvalue weighted by Crippen LogP contribution is 2.22. The van der Waals surface area contributed by atoms with Crippen LogP contribution in [0.3, 0.4) is 0 Å². The van der Waals surface area contributed by atoms with Gasteiger partial charge in [-0.25, -0.2) is 4.98 Å². The summed E-state index contributed by atoms with van der Waals surface area (Å²) in [6.45, 7) is 1.19. The first-order valence-electron chi connectivity index (χ1n) is 11.4. The molecule has 1 aromatic heterocycles. The van der Waals surface area contributed by atoms with E-state index in [4.69, 9.17) is 4.74 Å². The fourth-order valence-corrected chi connectivity index (χ4v) is 4.22. The third-order valence-corrected chi connectivity index (χ3v) is 6.10. The minimum absolute atomic E-state index is 0.0654. The van der Waals surface area contributed by atoms with Gasteiger partial charge in [0.2, 0.25) is 11.9 Å². The molecule has 3 aromatic rings. The molecular formula is C26H30N4O3. The molecule has 4 rings (SSSR count). The number of hydrogen-bond donors (Lipinski definition) is 1. The molecule has 1 N–H and O–H groups in total. The van der Waals surface area contributed by atoms with Crippen LogP contribution in [0.15, 0.2) is 66.9 Å². The highest BCUT2D eigenvalue weighted by Gasteiger charge is 2.23. The number of nitrogens with zero attached hydrogens (tertiary/aromatic N) is 3. The van der Waals surface area contributed by atoms with E-state index in [0.717, 1.165) is 43.6 Å². The third-order valence-electron chi connectivity index (χ3n) is 6.10. The Balaban J connectivity index is 1.17. The van der Waals surface area contributed by atoms with Crippen LogP contribution >= 0.6 is 0 Å². The van der Waals surface area contributed by atoms with Crippen LogP contribution in [0.4, 0.5) is 5.95 Å². The second-order valence-corrected chi connectivity index (χ2v) is 8.45. The lowest BCUT2D eigenvalue weighted by Crippen LogP contribution is -2.41. The second-order valence-electron chi connectivity index (χ2n) is 8.45. The van der Waals surface area contributed by atoms with Gasteiger partial charge in [-0.2, -0.15) is 0 Å². The summed E-state index contributed by atoms with van der Waals surface area (Å²) in [5.74, 6) is 0.637. The summed E-state index contributed by atoms with van der Waals surface area (Å²) >= 11 is 0. The number of carbonyl (C=O) groups is 2. The van der Waals surface area contributed by atoms with Crippen molar-refractivity contribution in [1.29, 1.82) is 0 Å². The third kappa shape index (κ3) is 6.08. The number of nitrogens with one attached hydrogen (secondary N) is 1. The van der Waals surface area contributed by atoms with Crippen molar-refractivity contribution in [2.45, 2.75) is 19.3 Å². The minimum atomic E-state index is -0.335. The van der Waals surface area contributed by atoms with Crippen LogP contribution in [-0.2, 0) is 27.8 Å². The number of amides is 2. The fourth-order valence-electron chi connectivity index (χ4n) is 4.22. The molecule has 33 heavy (non-hydrogen) atoms. The van der Waals surface area contributed by atoms with Crippen molar-refractivity contribution in [3.63, 3.8) is 0 Å². The van der Waals surface area contributed by atoms with Crippen LogP contribution < -0.4 is 5.32 Å². The number of aromatic nitrogens is 2. The molecule has 1 saturated heterocycles. The minimum Gasteiger partial charge on any atom is -0.362 e. The zero-order valence-electron chi connectivity index (χ0n) is 18.9. The Morgan fingerprint density at radius 3 is 2.36 bits per heavy atom. The Labute approximate surface area is 194 Å². The fraction of sp³-hybridized carbons (Fsp3) is 0.346. The van der Waals surface area contributed by atoms with Gasteiger partial charge in [0.05, 0.1) is 11.9 Å². The molecule has 1 aliphatic rings. The van der Waals surface area contributed by atoms with Gasteiger partial charge in [0, 0.05) is 20.1 Å². The highest BCUT2D eigenvalue weighted by atomic mass is 16.5. The van der Waals surface area contributed by atoms with Crippen molar-refractivity contribution in [3.05, 3.63) is 72.4 Å². The van der Waals surface area contributed by atoms with Gasteiger partial charge < -0.3 is 14.2 Å². The molecule has 0 spiro atoms. The summed E-state index contributed by atoms with van der Waals surface area (Å²) in [5, 5.41) is 2.75. The highest BCUT2D eigenvalue weighted by molar-refractivity contribution is 5.90. The number of benzene rings is 2. The van der Waals surface area contributed by atoms with Gasteiger partial charge >= 0.3 is 0 Å². The molecule has 0 atom stereocenters. The molecule has 7 nitrogen and oxygen atoms in total. The first kappa shape index (κ1) is 22.7. The monoisotopic (exact) mass is 446 g/mol. The molecule has 1 fully saturated rings. The lowest BCUT2D eigenvalue weighted by molar-refractivity contribution is -0.138. The van der Waals surface area contributed by atoms with E-state index in [9.17, 15) is 9.59 Å². The largest absolute Gasteiger partial charge is 0.362 e. The average Bonchev–Trinajstić information content (AvgIpc) is 3.20. The van der Waals surface area contributed by atoms with E-state index in [2.05, 4.69) is 34.6 Å². The molecule has 0 bridgehead atoms. The second kappa shape index (κ2) is 10.9. The molecule has 0 radical (unpaired) electrons. The van der Waals surface area contributed by atoms with Gasteiger partial charge in [-0.1, -0.05) is 60.7 Å². The molecule has 1 aliphatic heterocycles. The maximum Gasteiger partial charge on any atom is 0.252 e. The number of piperidine rings is 1. The molecule has 2 heterocycles. The Morgan fingerprint density at radius 1 is 1.00 bits per heavy atom. The van der Waals surface area contributed by atoms with Crippen LogP contribution in [0.1, 0.15) is 18.4 Å². The summed E-state index contributed by atoms with van der Waals surface area (Å²) in [6.07, 6.45) is 4.75.